The van der Waals surface area contributed by atoms with E-state index in [0.717, 1.165) is 18.8 Å². The van der Waals surface area contributed by atoms with E-state index in [-0.39, 0.29) is 29.3 Å². The van der Waals surface area contributed by atoms with Gasteiger partial charge >= 0.3 is 0 Å². The maximum Gasteiger partial charge on any atom is 0.254 e. The number of rotatable bonds is 4. The zero-order chi connectivity index (χ0) is 20.2. The Morgan fingerprint density at radius 3 is 2.34 bits per heavy atom. The first-order chi connectivity index (χ1) is 14.1. The zero-order valence-corrected chi connectivity index (χ0v) is 15.9. The second-order valence-corrected chi connectivity index (χ2v) is 6.92. The third-order valence-electron chi connectivity index (χ3n) is 5.09. The molecule has 0 spiro atoms. The van der Waals surface area contributed by atoms with Gasteiger partial charge in [0.1, 0.15) is 12.4 Å². The van der Waals surface area contributed by atoms with Gasteiger partial charge in [0.05, 0.1) is 12.0 Å². The van der Waals surface area contributed by atoms with Crippen molar-refractivity contribution in [1.29, 1.82) is 0 Å². The summed E-state index contributed by atoms with van der Waals surface area (Å²) in [6, 6.07) is 17.5. The highest BCUT2D eigenvalue weighted by atomic mass is 19.1. The van der Waals surface area contributed by atoms with Crippen molar-refractivity contribution in [2.45, 2.75) is 6.54 Å². The van der Waals surface area contributed by atoms with Crippen LogP contribution in [-0.2, 0) is 11.3 Å². The summed E-state index contributed by atoms with van der Waals surface area (Å²) in [4.78, 5) is 33.2. The molecule has 2 heterocycles. The van der Waals surface area contributed by atoms with Gasteiger partial charge in [0.2, 0.25) is 5.91 Å². The van der Waals surface area contributed by atoms with Crippen LogP contribution in [0, 0.1) is 5.82 Å². The molecule has 7 heteroatoms. The molecule has 6 nitrogen and oxygen atoms in total. The molecule has 148 valence electrons. The first kappa shape index (κ1) is 18.9. The highest BCUT2D eigenvalue weighted by Crippen LogP contribution is 2.18. The van der Waals surface area contributed by atoms with Crippen LogP contribution in [0.4, 0.5) is 10.1 Å². The normalized spacial score (nSPS) is 14.1. The summed E-state index contributed by atoms with van der Waals surface area (Å²) in [6.45, 7) is 2.62. The van der Waals surface area contributed by atoms with E-state index in [1.807, 2.05) is 18.2 Å². The Labute approximate surface area is 167 Å². The maximum atomic E-state index is 13.9. The lowest BCUT2D eigenvalue weighted by Crippen LogP contribution is -2.50. The number of halogens is 1. The first-order valence-corrected chi connectivity index (χ1v) is 9.51. The Balaban J connectivity index is 1.40. The van der Waals surface area contributed by atoms with Gasteiger partial charge in [-0.3, -0.25) is 14.2 Å². The van der Waals surface area contributed by atoms with E-state index in [1.165, 1.54) is 23.0 Å². The summed E-state index contributed by atoms with van der Waals surface area (Å²) in [5.41, 5.74) is 1.28. The minimum Gasteiger partial charge on any atom is -0.368 e. The van der Waals surface area contributed by atoms with E-state index in [1.54, 1.807) is 23.1 Å². The molecule has 1 aromatic heterocycles. The number of piperazine rings is 1. The Morgan fingerprint density at radius 2 is 1.66 bits per heavy atom. The lowest BCUT2D eigenvalue weighted by atomic mass is 10.1. The van der Waals surface area contributed by atoms with Gasteiger partial charge in [-0.1, -0.05) is 30.3 Å². The number of aromatic nitrogens is 2. The number of hydrogen-bond donors (Lipinski definition) is 0. The fourth-order valence-electron chi connectivity index (χ4n) is 3.46. The van der Waals surface area contributed by atoms with Gasteiger partial charge in [-0.25, -0.2) is 9.37 Å². The molecule has 0 atom stereocenters. The van der Waals surface area contributed by atoms with E-state index < -0.39 is 5.82 Å². The maximum absolute atomic E-state index is 13.9. The molecular formula is C22H21FN4O2. The Morgan fingerprint density at radius 1 is 0.966 bits per heavy atom. The molecule has 4 rings (SSSR count). The smallest absolute Gasteiger partial charge is 0.254 e. The van der Waals surface area contributed by atoms with Crippen molar-refractivity contribution < 1.29 is 9.18 Å². The monoisotopic (exact) mass is 392 g/mol. The quantitative estimate of drug-likeness (QED) is 0.684. The van der Waals surface area contributed by atoms with Gasteiger partial charge in [-0.05, 0) is 24.3 Å². The van der Waals surface area contributed by atoms with Crippen LogP contribution in [0.2, 0.25) is 0 Å². The van der Waals surface area contributed by atoms with Crippen LogP contribution in [0.5, 0.6) is 0 Å². The van der Waals surface area contributed by atoms with Gasteiger partial charge < -0.3 is 9.80 Å². The summed E-state index contributed by atoms with van der Waals surface area (Å²) < 4.78 is 15.2. The summed E-state index contributed by atoms with van der Waals surface area (Å²) in [5.74, 6) is -0.565. The molecule has 1 saturated heterocycles. The molecule has 1 amide bonds. The molecule has 0 radical (unpaired) electrons. The summed E-state index contributed by atoms with van der Waals surface area (Å²) in [6.07, 6.45) is 1.31. The standard InChI is InChI=1S/C22H21FN4O2/c23-19-9-5-4-8-18(19)20-14-21(28)27(16-24-20)15-22(29)26-12-10-25(11-13-26)17-6-2-1-3-7-17/h1-9,14,16H,10-13,15H2. The van der Waals surface area contributed by atoms with Crippen molar-refractivity contribution in [3.63, 3.8) is 0 Å². The molecule has 0 bridgehead atoms. The second kappa shape index (κ2) is 8.26. The number of para-hydroxylation sites is 1. The molecule has 0 N–H and O–H groups in total. The van der Waals surface area contributed by atoms with E-state index >= 15 is 0 Å². The fourth-order valence-corrected chi connectivity index (χ4v) is 3.46. The fraction of sp³-hybridized carbons (Fsp3) is 0.227. The number of carbonyl (C=O) groups is 1. The molecular weight excluding hydrogens is 371 g/mol. The number of amides is 1. The number of carbonyl (C=O) groups excluding carboxylic acids is 1. The van der Waals surface area contributed by atoms with Gasteiger partial charge in [-0.15, -0.1) is 0 Å². The van der Waals surface area contributed by atoms with Gasteiger partial charge in [0, 0.05) is 43.5 Å². The van der Waals surface area contributed by atoms with Crippen LogP contribution in [0.3, 0.4) is 0 Å². The molecule has 0 unspecified atom stereocenters. The van der Waals surface area contributed by atoms with Gasteiger partial charge in [0.25, 0.3) is 5.56 Å². The molecule has 0 aliphatic carbocycles. The average molecular weight is 392 g/mol. The minimum atomic E-state index is -0.440. The molecule has 1 fully saturated rings. The largest absolute Gasteiger partial charge is 0.368 e. The van der Waals surface area contributed by atoms with Crippen LogP contribution >= 0.6 is 0 Å². The van der Waals surface area contributed by atoms with Gasteiger partial charge in [0.15, 0.2) is 0 Å². The Kier molecular flexibility index (Phi) is 5.37. The highest BCUT2D eigenvalue weighted by Gasteiger charge is 2.21. The molecule has 29 heavy (non-hydrogen) atoms. The predicted octanol–water partition coefficient (Wildman–Crippen LogP) is 2.40. The summed E-state index contributed by atoms with van der Waals surface area (Å²) in [5, 5.41) is 0. The molecule has 1 aliphatic rings. The van der Waals surface area contributed by atoms with Crippen molar-refractivity contribution >= 4 is 11.6 Å². The van der Waals surface area contributed by atoms with Crippen LogP contribution < -0.4 is 10.5 Å². The summed E-state index contributed by atoms with van der Waals surface area (Å²) >= 11 is 0. The lowest BCUT2D eigenvalue weighted by molar-refractivity contribution is -0.132. The number of benzene rings is 2. The topological polar surface area (TPSA) is 58.4 Å². The highest BCUT2D eigenvalue weighted by molar-refractivity contribution is 5.76. The SMILES string of the molecule is O=C(Cn1cnc(-c2ccccc2F)cc1=O)N1CCN(c2ccccc2)CC1. The summed E-state index contributed by atoms with van der Waals surface area (Å²) in [7, 11) is 0. The lowest BCUT2D eigenvalue weighted by Gasteiger charge is -2.36. The minimum absolute atomic E-state index is 0.0747. The number of hydrogen-bond acceptors (Lipinski definition) is 4. The van der Waals surface area contributed by atoms with E-state index in [4.69, 9.17) is 0 Å². The van der Waals surface area contributed by atoms with E-state index in [0.29, 0.717) is 13.1 Å². The molecule has 3 aromatic rings. The van der Waals surface area contributed by atoms with Crippen molar-refractivity contribution in [1.82, 2.24) is 14.5 Å². The average Bonchev–Trinajstić information content (AvgIpc) is 2.76. The van der Waals surface area contributed by atoms with Crippen molar-refractivity contribution in [3.05, 3.63) is 83.2 Å². The Bertz CT molecular complexity index is 1060. The van der Waals surface area contributed by atoms with Gasteiger partial charge in [-0.2, -0.15) is 0 Å². The van der Waals surface area contributed by atoms with Crippen molar-refractivity contribution in [3.8, 4) is 11.3 Å². The van der Waals surface area contributed by atoms with Crippen LogP contribution in [0.25, 0.3) is 11.3 Å². The number of nitrogens with zero attached hydrogens (tertiary/aromatic N) is 4. The molecule has 0 saturated carbocycles. The van der Waals surface area contributed by atoms with Crippen molar-refractivity contribution in [2.24, 2.45) is 0 Å². The first-order valence-electron chi connectivity index (χ1n) is 9.51. The second-order valence-electron chi connectivity index (χ2n) is 6.92. The van der Waals surface area contributed by atoms with Crippen LogP contribution in [-0.4, -0.2) is 46.5 Å². The zero-order valence-electron chi connectivity index (χ0n) is 15.9. The third-order valence-corrected chi connectivity index (χ3v) is 5.09. The van der Waals surface area contributed by atoms with E-state index in [9.17, 15) is 14.0 Å². The molecule has 2 aromatic carbocycles. The predicted molar refractivity (Wildman–Crippen MR) is 109 cm³/mol. The van der Waals surface area contributed by atoms with Crippen molar-refractivity contribution in [2.75, 3.05) is 31.1 Å². The third kappa shape index (κ3) is 4.18. The van der Waals surface area contributed by atoms with Crippen LogP contribution in [0.15, 0.2) is 71.8 Å². The van der Waals surface area contributed by atoms with Crippen LogP contribution in [0.1, 0.15) is 0 Å². The molecule has 1 aliphatic heterocycles. The number of anilines is 1. The van der Waals surface area contributed by atoms with E-state index in [2.05, 4.69) is 22.0 Å². The Hall–Kier alpha value is -3.48.